The summed E-state index contributed by atoms with van der Waals surface area (Å²) >= 11 is 12.0. The first kappa shape index (κ1) is 17.3. The first-order chi connectivity index (χ1) is 11.4. The van der Waals surface area contributed by atoms with Gasteiger partial charge in [0.05, 0.1) is 29.4 Å². The maximum Gasteiger partial charge on any atom is 0.287 e. The fourth-order valence-corrected chi connectivity index (χ4v) is 4.62. The standard InChI is InChI=1S/C15H15Cl2N3O3S/c16-11-3-1-10(2-4-11)7-18-13-8-19-20(15(21)14(13)17)12-5-6-24(22,23)9-12/h1-4,8,12,18H,5-7,9H2. The van der Waals surface area contributed by atoms with Gasteiger partial charge in [-0.05, 0) is 24.1 Å². The van der Waals surface area contributed by atoms with Gasteiger partial charge in [-0.25, -0.2) is 13.1 Å². The number of nitrogens with zero attached hydrogens (tertiary/aromatic N) is 2. The zero-order valence-electron chi connectivity index (χ0n) is 12.6. The van der Waals surface area contributed by atoms with E-state index in [2.05, 4.69) is 10.4 Å². The van der Waals surface area contributed by atoms with Gasteiger partial charge in [-0.2, -0.15) is 5.10 Å². The normalized spacial score (nSPS) is 19.3. The molecule has 0 spiro atoms. The van der Waals surface area contributed by atoms with Crippen molar-refractivity contribution >= 4 is 38.7 Å². The van der Waals surface area contributed by atoms with E-state index in [0.29, 0.717) is 23.7 Å². The van der Waals surface area contributed by atoms with Gasteiger partial charge in [-0.3, -0.25) is 4.79 Å². The van der Waals surface area contributed by atoms with Crippen LogP contribution in [0.3, 0.4) is 0 Å². The van der Waals surface area contributed by atoms with Gasteiger partial charge in [-0.15, -0.1) is 0 Å². The molecule has 1 N–H and O–H groups in total. The van der Waals surface area contributed by atoms with E-state index in [1.54, 1.807) is 12.1 Å². The Morgan fingerprint density at radius 1 is 1.25 bits per heavy atom. The zero-order chi connectivity index (χ0) is 17.3. The Hall–Kier alpha value is -1.57. The first-order valence-corrected chi connectivity index (χ1v) is 9.89. The Bertz CT molecular complexity index is 911. The second-order valence-corrected chi connectivity index (χ2v) is 8.70. The number of rotatable bonds is 4. The number of hydrogen-bond donors (Lipinski definition) is 1. The second-order valence-electron chi connectivity index (χ2n) is 5.66. The summed E-state index contributed by atoms with van der Waals surface area (Å²) in [4.78, 5) is 12.4. The summed E-state index contributed by atoms with van der Waals surface area (Å²) in [7, 11) is -3.10. The highest BCUT2D eigenvalue weighted by Crippen LogP contribution is 2.24. The third-order valence-corrected chi connectivity index (χ3v) is 6.26. The van der Waals surface area contributed by atoms with Crippen LogP contribution in [-0.2, 0) is 16.4 Å². The van der Waals surface area contributed by atoms with Crippen LogP contribution >= 0.6 is 23.2 Å². The number of sulfone groups is 1. The molecule has 0 radical (unpaired) electrons. The number of hydrogen-bond acceptors (Lipinski definition) is 5. The maximum atomic E-state index is 12.4. The average molecular weight is 388 g/mol. The molecular weight excluding hydrogens is 373 g/mol. The van der Waals surface area contributed by atoms with E-state index in [1.165, 1.54) is 10.9 Å². The van der Waals surface area contributed by atoms with E-state index in [9.17, 15) is 13.2 Å². The molecule has 9 heteroatoms. The van der Waals surface area contributed by atoms with Crippen molar-refractivity contribution in [2.45, 2.75) is 19.0 Å². The van der Waals surface area contributed by atoms with E-state index < -0.39 is 21.4 Å². The summed E-state index contributed by atoms with van der Waals surface area (Å²) in [6.45, 7) is 0.458. The largest absolute Gasteiger partial charge is 0.378 e. The van der Waals surface area contributed by atoms with Gasteiger partial charge in [-0.1, -0.05) is 35.3 Å². The molecule has 0 aliphatic carbocycles. The molecule has 2 aromatic rings. The number of anilines is 1. The van der Waals surface area contributed by atoms with Crippen LogP contribution in [0, 0.1) is 0 Å². The molecule has 0 amide bonds. The molecule has 3 rings (SSSR count). The predicted molar refractivity (Wildman–Crippen MR) is 94.6 cm³/mol. The lowest BCUT2D eigenvalue weighted by Gasteiger charge is -2.13. The van der Waals surface area contributed by atoms with Gasteiger partial charge >= 0.3 is 0 Å². The van der Waals surface area contributed by atoms with Crippen molar-refractivity contribution < 1.29 is 8.42 Å². The fourth-order valence-electron chi connectivity index (χ4n) is 2.60. The van der Waals surface area contributed by atoms with Crippen LogP contribution in [0.1, 0.15) is 18.0 Å². The van der Waals surface area contributed by atoms with Gasteiger partial charge in [0.1, 0.15) is 5.02 Å². The van der Waals surface area contributed by atoms with Crippen molar-refractivity contribution in [1.29, 1.82) is 0 Å². The minimum atomic E-state index is -3.10. The molecule has 1 aliphatic heterocycles. The Morgan fingerprint density at radius 2 is 1.96 bits per heavy atom. The summed E-state index contributed by atoms with van der Waals surface area (Å²) in [5.74, 6) is -0.00619. The Kier molecular flexibility index (Phi) is 4.85. The lowest BCUT2D eigenvalue weighted by molar-refractivity contribution is 0.474. The molecule has 1 saturated heterocycles. The number of halogens is 2. The van der Waals surface area contributed by atoms with Crippen LogP contribution in [0.25, 0.3) is 0 Å². The molecule has 1 unspecified atom stereocenters. The Morgan fingerprint density at radius 3 is 2.58 bits per heavy atom. The second kappa shape index (κ2) is 6.74. The van der Waals surface area contributed by atoms with Crippen molar-refractivity contribution in [2.24, 2.45) is 0 Å². The fraction of sp³-hybridized carbons (Fsp3) is 0.333. The molecule has 0 bridgehead atoms. The molecule has 128 valence electrons. The summed E-state index contributed by atoms with van der Waals surface area (Å²) in [6, 6.07) is 6.82. The lowest BCUT2D eigenvalue weighted by atomic mass is 10.2. The minimum Gasteiger partial charge on any atom is -0.378 e. The Balaban J connectivity index is 1.78. The number of benzene rings is 1. The summed E-state index contributed by atoms with van der Waals surface area (Å²) < 4.78 is 24.3. The molecule has 1 aromatic carbocycles. The summed E-state index contributed by atoms with van der Waals surface area (Å²) in [5.41, 5.74) is 0.898. The van der Waals surface area contributed by atoms with Gasteiger partial charge in [0.2, 0.25) is 0 Å². The monoisotopic (exact) mass is 387 g/mol. The lowest BCUT2D eigenvalue weighted by Crippen LogP contribution is -2.29. The van der Waals surface area contributed by atoms with E-state index in [1.807, 2.05) is 12.1 Å². The van der Waals surface area contributed by atoms with Gasteiger partial charge < -0.3 is 5.32 Å². The zero-order valence-corrected chi connectivity index (χ0v) is 14.9. The molecule has 0 saturated carbocycles. The van der Waals surface area contributed by atoms with Crippen LogP contribution in [0.4, 0.5) is 5.69 Å². The van der Waals surface area contributed by atoms with Gasteiger partial charge in [0.25, 0.3) is 5.56 Å². The van der Waals surface area contributed by atoms with Crippen LogP contribution in [0.5, 0.6) is 0 Å². The molecule has 24 heavy (non-hydrogen) atoms. The topological polar surface area (TPSA) is 81.1 Å². The molecule has 1 aromatic heterocycles. The molecule has 1 atom stereocenters. The number of aromatic nitrogens is 2. The Labute approximate surface area is 149 Å². The van der Waals surface area contributed by atoms with E-state index >= 15 is 0 Å². The van der Waals surface area contributed by atoms with Crippen LogP contribution in [0.15, 0.2) is 35.3 Å². The molecule has 1 fully saturated rings. The third kappa shape index (κ3) is 3.74. The minimum absolute atomic E-state index is 0.00302. The summed E-state index contributed by atoms with van der Waals surface area (Å²) in [5, 5.41) is 7.79. The van der Waals surface area contributed by atoms with Gasteiger partial charge in [0.15, 0.2) is 9.84 Å². The van der Waals surface area contributed by atoms with E-state index in [0.717, 1.165) is 5.56 Å². The van der Waals surface area contributed by atoms with Crippen molar-refractivity contribution in [2.75, 3.05) is 16.8 Å². The van der Waals surface area contributed by atoms with Crippen LogP contribution < -0.4 is 10.9 Å². The molecule has 2 heterocycles. The van der Waals surface area contributed by atoms with Crippen LogP contribution in [0.2, 0.25) is 10.0 Å². The van der Waals surface area contributed by atoms with E-state index in [4.69, 9.17) is 23.2 Å². The molecule has 6 nitrogen and oxygen atoms in total. The van der Waals surface area contributed by atoms with Crippen molar-refractivity contribution in [3.63, 3.8) is 0 Å². The predicted octanol–water partition coefficient (Wildman–Crippen LogP) is 2.52. The molecule has 1 aliphatic rings. The summed E-state index contributed by atoms with van der Waals surface area (Å²) in [6.07, 6.45) is 1.83. The SMILES string of the molecule is O=c1c(Cl)c(NCc2ccc(Cl)cc2)cnn1C1CCS(=O)(=O)C1. The van der Waals surface area contributed by atoms with E-state index in [-0.39, 0.29) is 16.5 Å². The maximum absolute atomic E-state index is 12.4. The van der Waals surface area contributed by atoms with Crippen molar-refractivity contribution in [1.82, 2.24) is 9.78 Å². The smallest absolute Gasteiger partial charge is 0.287 e. The third-order valence-electron chi connectivity index (χ3n) is 3.89. The molecular formula is C15H15Cl2N3O3S. The number of nitrogens with one attached hydrogen (secondary N) is 1. The highest BCUT2D eigenvalue weighted by atomic mass is 35.5. The van der Waals surface area contributed by atoms with Crippen molar-refractivity contribution in [3.8, 4) is 0 Å². The first-order valence-electron chi connectivity index (χ1n) is 7.32. The average Bonchev–Trinajstić information content (AvgIpc) is 2.90. The van der Waals surface area contributed by atoms with Gasteiger partial charge in [0, 0.05) is 11.6 Å². The van der Waals surface area contributed by atoms with Crippen molar-refractivity contribution in [3.05, 3.63) is 56.4 Å². The quantitative estimate of drug-likeness (QED) is 0.871. The highest BCUT2D eigenvalue weighted by molar-refractivity contribution is 7.91. The van der Waals surface area contributed by atoms with Crippen LogP contribution in [-0.4, -0.2) is 29.7 Å². The highest BCUT2D eigenvalue weighted by Gasteiger charge is 2.31.